The van der Waals surface area contributed by atoms with Crippen LogP contribution in [-0.4, -0.2) is 40.1 Å². The fourth-order valence-electron chi connectivity index (χ4n) is 2.66. The number of para-hydroxylation sites is 1. The second kappa shape index (κ2) is 9.73. The van der Waals surface area contributed by atoms with Gasteiger partial charge in [-0.3, -0.25) is 9.36 Å². The maximum absolute atomic E-state index is 12.3. The predicted molar refractivity (Wildman–Crippen MR) is 113 cm³/mol. The lowest BCUT2D eigenvalue weighted by molar-refractivity contribution is -0.113. The van der Waals surface area contributed by atoms with Crippen LogP contribution in [0.25, 0.3) is 11.4 Å². The zero-order valence-electron chi connectivity index (χ0n) is 15.7. The number of hydrogen-bond donors (Lipinski definition) is 1. The second-order valence-electron chi connectivity index (χ2n) is 6.14. The Morgan fingerprint density at radius 3 is 2.79 bits per heavy atom. The lowest BCUT2D eigenvalue weighted by Crippen LogP contribution is -2.15. The molecule has 8 heteroatoms. The number of ether oxygens (including phenoxy) is 1. The molecule has 0 bridgehead atoms. The van der Waals surface area contributed by atoms with Crippen LogP contribution < -0.4 is 5.32 Å². The molecule has 0 unspecified atom stereocenters. The molecule has 0 aliphatic rings. The summed E-state index contributed by atoms with van der Waals surface area (Å²) in [7, 11) is 1.65. The van der Waals surface area contributed by atoms with Gasteiger partial charge in [0.2, 0.25) is 5.91 Å². The van der Waals surface area contributed by atoms with E-state index in [-0.39, 0.29) is 11.7 Å². The molecule has 3 aromatic rings. The van der Waals surface area contributed by atoms with Crippen LogP contribution in [0.4, 0.5) is 5.69 Å². The van der Waals surface area contributed by atoms with Crippen molar-refractivity contribution in [2.75, 3.05) is 24.8 Å². The van der Waals surface area contributed by atoms with E-state index in [4.69, 9.17) is 16.3 Å². The SMILES string of the molecule is COCCn1c(SCC(=O)Nc2ccccc2Cl)nnc1-c1cccc(C)c1. The number of thioether (sulfide) groups is 1. The molecule has 0 spiro atoms. The minimum Gasteiger partial charge on any atom is -0.383 e. The number of aryl methyl sites for hydroxylation is 1. The van der Waals surface area contributed by atoms with E-state index in [0.29, 0.717) is 29.0 Å². The van der Waals surface area contributed by atoms with Crippen LogP contribution in [-0.2, 0) is 16.1 Å². The van der Waals surface area contributed by atoms with Crippen molar-refractivity contribution in [3.05, 3.63) is 59.1 Å². The Balaban J connectivity index is 1.74. The molecule has 0 saturated heterocycles. The van der Waals surface area contributed by atoms with Crippen molar-refractivity contribution in [2.24, 2.45) is 0 Å². The zero-order valence-corrected chi connectivity index (χ0v) is 17.3. The minimum atomic E-state index is -0.156. The van der Waals surface area contributed by atoms with Gasteiger partial charge < -0.3 is 10.1 Å². The highest BCUT2D eigenvalue weighted by molar-refractivity contribution is 7.99. The molecule has 1 heterocycles. The molecule has 3 rings (SSSR count). The fourth-order valence-corrected chi connectivity index (χ4v) is 3.60. The van der Waals surface area contributed by atoms with Gasteiger partial charge in [-0.15, -0.1) is 10.2 Å². The molecule has 1 amide bonds. The summed E-state index contributed by atoms with van der Waals surface area (Å²) < 4.78 is 7.20. The van der Waals surface area contributed by atoms with Crippen molar-refractivity contribution < 1.29 is 9.53 Å². The Morgan fingerprint density at radius 1 is 1.21 bits per heavy atom. The number of nitrogens with one attached hydrogen (secondary N) is 1. The number of carbonyl (C=O) groups excluding carboxylic acids is 1. The number of rotatable bonds is 8. The summed E-state index contributed by atoms with van der Waals surface area (Å²) in [6, 6.07) is 15.2. The summed E-state index contributed by atoms with van der Waals surface area (Å²) in [5.41, 5.74) is 2.72. The van der Waals surface area contributed by atoms with E-state index in [0.717, 1.165) is 17.0 Å². The molecule has 28 heavy (non-hydrogen) atoms. The Hall–Kier alpha value is -2.35. The second-order valence-corrected chi connectivity index (χ2v) is 7.49. The number of halogens is 1. The predicted octanol–water partition coefficient (Wildman–Crippen LogP) is 4.28. The van der Waals surface area contributed by atoms with E-state index >= 15 is 0 Å². The Kier molecular flexibility index (Phi) is 7.08. The normalized spacial score (nSPS) is 10.8. The molecular weight excluding hydrogens is 396 g/mol. The Bertz CT molecular complexity index is 961. The number of anilines is 1. The van der Waals surface area contributed by atoms with Gasteiger partial charge in [0.05, 0.1) is 29.6 Å². The number of nitrogens with zero attached hydrogens (tertiary/aromatic N) is 3. The van der Waals surface area contributed by atoms with Gasteiger partial charge in [0.1, 0.15) is 0 Å². The van der Waals surface area contributed by atoms with Crippen LogP contribution in [0, 0.1) is 6.92 Å². The van der Waals surface area contributed by atoms with E-state index in [1.807, 2.05) is 41.8 Å². The van der Waals surface area contributed by atoms with Gasteiger partial charge in [-0.1, -0.05) is 59.3 Å². The van der Waals surface area contributed by atoms with Gasteiger partial charge >= 0.3 is 0 Å². The van der Waals surface area contributed by atoms with Gasteiger partial charge in [0.25, 0.3) is 0 Å². The van der Waals surface area contributed by atoms with E-state index in [1.165, 1.54) is 11.8 Å². The van der Waals surface area contributed by atoms with E-state index in [9.17, 15) is 4.79 Å². The van der Waals surface area contributed by atoms with E-state index in [1.54, 1.807) is 19.2 Å². The van der Waals surface area contributed by atoms with Crippen LogP contribution in [0.1, 0.15) is 5.56 Å². The molecule has 1 aromatic heterocycles. The van der Waals surface area contributed by atoms with Crippen LogP contribution in [0.15, 0.2) is 53.7 Å². The van der Waals surface area contributed by atoms with Gasteiger partial charge in [0, 0.05) is 12.7 Å². The first-order chi connectivity index (χ1) is 13.6. The van der Waals surface area contributed by atoms with Crippen LogP contribution in [0.2, 0.25) is 5.02 Å². The van der Waals surface area contributed by atoms with Crippen LogP contribution >= 0.6 is 23.4 Å². The highest BCUT2D eigenvalue weighted by Crippen LogP contribution is 2.25. The summed E-state index contributed by atoms with van der Waals surface area (Å²) in [6.45, 7) is 3.16. The summed E-state index contributed by atoms with van der Waals surface area (Å²) in [4.78, 5) is 12.3. The molecule has 6 nitrogen and oxygen atoms in total. The third-order valence-corrected chi connectivity index (χ3v) is 5.29. The molecule has 0 aliphatic carbocycles. The lowest BCUT2D eigenvalue weighted by atomic mass is 10.1. The summed E-state index contributed by atoms with van der Waals surface area (Å²) in [5, 5.41) is 12.6. The number of methoxy groups -OCH3 is 1. The summed E-state index contributed by atoms with van der Waals surface area (Å²) in [5.74, 6) is 0.802. The number of amides is 1. The minimum absolute atomic E-state index is 0.156. The van der Waals surface area contributed by atoms with Crippen molar-refractivity contribution >= 4 is 35.0 Å². The quantitative estimate of drug-likeness (QED) is 0.555. The van der Waals surface area contributed by atoms with Gasteiger partial charge in [-0.2, -0.15) is 0 Å². The van der Waals surface area contributed by atoms with Crippen molar-refractivity contribution in [1.82, 2.24) is 14.8 Å². The Morgan fingerprint density at radius 2 is 2.04 bits per heavy atom. The molecule has 0 saturated carbocycles. The lowest BCUT2D eigenvalue weighted by Gasteiger charge is -2.10. The van der Waals surface area contributed by atoms with Crippen molar-refractivity contribution in [3.63, 3.8) is 0 Å². The highest BCUT2D eigenvalue weighted by Gasteiger charge is 2.16. The molecule has 0 atom stereocenters. The van der Waals surface area contributed by atoms with Crippen LogP contribution in [0.5, 0.6) is 0 Å². The van der Waals surface area contributed by atoms with Gasteiger partial charge in [-0.05, 0) is 25.1 Å². The topological polar surface area (TPSA) is 69.0 Å². The number of benzene rings is 2. The molecule has 0 aliphatic heterocycles. The first-order valence-electron chi connectivity index (χ1n) is 8.75. The molecule has 0 radical (unpaired) electrons. The largest absolute Gasteiger partial charge is 0.383 e. The Labute approximate surface area is 173 Å². The smallest absolute Gasteiger partial charge is 0.234 e. The number of carbonyl (C=O) groups is 1. The van der Waals surface area contributed by atoms with Crippen LogP contribution in [0.3, 0.4) is 0 Å². The van der Waals surface area contributed by atoms with E-state index in [2.05, 4.69) is 21.6 Å². The summed E-state index contributed by atoms with van der Waals surface area (Å²) >= 11 is 7.42. The highest BCUT2D eigenvalue weighted by atomic mass is 35.5. The fraction of sp³-hybridized carbons (Fsp3) is 0.250. The van der Waals surface area contributed by atoms with Crippen molar-refractivity contribution in [1.29, 1.82) is 0 Å². The first-order valence-corrected chi connectivity index (χ1v) is 10.1. The summed E-state index contributed by atoms with van der Waals surface area (Å²) in [6.07, 6.45) is 0. The first kappa shape index (κ1) is 20.4. The molecule has 1 N–H and O–H groups in total. The average Bonchev–Trinajstić information content (AvgIpc) is 3.09. The standard InChI is InChI=1S/C20H21ClN4O2S/c1-14-6-5-7-15(12-14)19-23-24-20(25(19)10-11-27-2)28-13-18(26)22-17-9-4-3-8-16(17)21/h3-9,12H,10-11,13H2,1-2H3,(H,22,26). The maximum Gasteiger partial charge on any atom is 0.234 e. The van der Waals surface area contributed by atoms with Gasteiger partial charge in [-0.25, -0.2) is 0 Å². The third kappa shape index (κ3) is 5.13. The van der Waals surface area contributed by atoms with Crippen molar-refractivity contribution in [2.45, 2.75) is 18.6 Å². The van der Waals surface area contributed by atoms with Crippen molar-refractivity contribution in [3.8, 4) is 11.4 Å². The molecule has 2 aromatic carbocycles. The number of hydrogen-bond acceptors (Lipinski definition) is 5. The third-order valence-electron chi connectivity index (χ3n) is 3.99. The number of aromatic nitrogens is 3. The van der Waals surface area contributed by atoms with E-state index < -0.39 is 0 Å². The monoisotopic (exact) mass is 416 g/mol. The van der Waals surface area contributed by atoms with Gasteiger partial charge in [0.15, 0.2) is 11.0 Å². The zero-order chi connectivity index (χ0) is 19.9. The molecule has 146 valence electrons. The average molecular weight is 417 g/mol. The maximum atomic E-state index is 12.3. The molecule has 0 fully saturated rings. The molecular formula is C20H21ClN4O2S.